The molecule has 0 radical (unpaired) electrons. The van der Waals surface area contributed by atoms with Gasteiger partial charge in [-0.2, -0.15) is 4.65 Å². The first-order chi connectivity index (χ1) is 5.56. The average Bonchev–Trinajstić information content (AvgIpc) is 1.94. The molecule has 0 saturated heterocycles. The number of nitrogens with zero attached hydrogens (tertiary/aromatic N) is 1. The van der Waals surface area contributed by atoms with Gasteiger partial charge in [-0.05, 0) is 12.8 Å². The predicted octanol–water partition coefficient (Wildman–Crippen LogP) is 2.81. The van der Waals surface area contributed by atoms with Gasteiger partial charge < -0.3 is 0 Å². The minimum absolute atomic E-state index is 0.119. The predicted molar refractivity (Wildman–Crippen MR) is 52.1 cm³/mol. The second kappa shape index (κ2) is 6.44. The Morgan fingerprint density at radius 1 is 0.917 bits per heavy atom. The van der Waals surface area contributed by atoms with Crippen LogP contribution in [-0.2, 0) is 0 Å². The third-order valence-corrected chi connectivity index (χ3v) is 2.06. The summed E-state index contributed by atoms with van der Waals surface area (Å²) in [6, 6.07) is 0. The zero-order valence-electron chi connectivity index (χ0n) is 8.84. The molecule has 0 aliphatic carbocycles. The molecular formula is C10H24NO+. The molecule has 0 aliphatic rings. The minimum Gasteiger partial charge on any atom is -0.217 e. The van der Waals surface area contributed by atoms with E-state index < -0.39 is 0 Å². The number of hydrogen-bond acceptors (Lipinski definition) is 1. The molecule has 0 amide bonds. The summed E-state index contributed by atoms with van der Waals surface area (Å²) in [6.45, 7) is 3.11. The summed E-state index contributed by atoms with van der Waals surface area (Å²) >= 11 is 0. The Bertz CT molecular complexity index is 96.5. The van der Waals surface area contributed by atoms with Crippen LogP contribution in [0, 0.1) is 0 Å². The summed E-state index contributed by atoms with van der Waals surface area (Å²) in [5.41, 5.74) is 0. The topological polar surface area (TPSA) is 20.2 Å². The molecule has 0 saturated carbocycles. The van der Waals surface area contributed by atoms with E-state index in [0.717, 1.165) is 13.0 Å². The molecule has 0 rings (SSSR count). The van der Waals surface area contributed by atoms with Crippen molar-refractivity contribution >= 4 is 0 Å². The summed E-state index contributed by atoms with van der Waals surface area (Å²) in [7, 11) is 3.65. The van der Waals surface area contributed by atoms with Gasteiger partial charge in [0.1, 0.15) is 6.54 Å². The monoisotopic (exact) mass is 174 g/mol. The number of hydroxylamine groups is 3. The lowest BCUT2D eigenvalue weighted by Gasteiger charge is -2.18. The molecule has 0 bridgehead atoms. The number of unbranched alkanes of at least 4 members (excludes halogenated alkanes) is 5. The molecular weight excluding hydrogens is 150 g/mol. The van der Waals surface area contributed by atoms with Gasteiger partial charge in [-0.15, -0.1) is 0 Å². The molecule has 0 unspecified atom stereocenters. The number of rotatable bonds is 7. The van der Waals surface area contributed by atoms with Crippen molar-refractivity contribution in [3.8, 4) is 0 Å². The molecule has 0 heterocycles. The summed E-state index contributed by atoms with van der Waals surface area (Å²) < 4.78 is 0.119. The van der Waals surface area contributed by atoms with Crippen molar-refractivity contribution in [3.63, 3.8) is 0 Å². The van der Waals surface area contributed by atoms with E-state index in [0.29, 0.717) is 0 Å². The van der Waals surface area contributed by atoms with Crippen LogP contribution in [-0.4, -0.2) is 30.5 Å². The third kappa shape index (κ3) is 9.92. The van der Waals surface area contributed by atoms with Gasteiger partial charge in [0.05, 0.1) is 14.1 Å². The zero-order chi connectivity index (χ0) is 9.45. The van der Waals surface area contributed by atoms with Crippen molar-refractivity contribution in [2.24, 2.45) is 0 Å². The van der Waals surface area contributed by atoms with Crippen molar-refractivity contribution in [1.29, 1.82) is 0 Å². The minimum atomic E-state index is 0.119. The van der Waals surface area contributed by atoms with E-state index in [1.807, 2.05) is 14.1 Å². The van der Waals surface area contributed by atoms with E-state index in [-0.39, 0.29) is 4.65 Å². The van der Waals surface area contributed by atoms with Crippen molar-refractivity contribution in [3.05, 3.63) is 0 Å². The molecule has 74 valence electrons. The van der Waals surface area contributed by atoms with Crippen LogP contribution in [0.1, 0.15) is 45.4 Å². The second-order valence-corrected chi connectivity index (χ2v) is 4.11. The highest BCUT2D eigenvalue weighted by atomic mass is 16.5. The van der Waals surface area contributed by atoms with E-state index in [1.54, 1.807) is 0 Å². The van der Waals surface area contributed by atoms with Gasteiger partial charge in [-0.1, -0.05) is 32.6 Å². The van der Waals surface area contributed by atoms with Crippen molar-refractivity contribution in [2.75, 3.05) is 20.6 Å². The van der Waals surface area contributed by atoms with E-state index in [1.165, 1.54) is 32.1 Å². The van der Waals surface area contributed by atoms with Gasteiger partial charge in [0.2, 0.25) is 0 Å². The maximum absolute atomic E-state index is 9.36. The normalized spacial score (nSPS) is 12.0. The number of hydrogen-bond donors (Lipinski definition) is 1. The molecule has 0 aromatic heterocycles. The van der Waals surface area contributed by atoms with Crippen LogP contribution in [0.3, 0.4) is 0 Å². The molecule has 0 aliphatic heterocycles. The summed E-state index contributed by atoms with van der Waals surface area (Å²) in [4.78, 5) is 0. The summed E-state index contributed by atoms with van der Waals surface area (Å²) in [5.74, 6) is 0. The SMILES string of the molecule is CCCCCCCC[N+](C)(C)O. The lowest BCUT2D eigenvalue weighted by Crippen LogP contribution is -2.36. The van der Waals surface area contributed by atoms with Crippen LogP contribution in [0.5, 0.6) is 0 Å². The van der Waals surface area contributed by atoms with E-state index >= 15 is 0 Å². The third-order valence-electron chi connectivity index (χ3n) is 2.06. The van der Waals surface area contributed by atoms with E-state index in [2.05, 4.69) is 6.92 Å². The zero-order valence-corrected chi connectivity index (χ0v) is 8.84. The largest absolute Gasteiger partial charge is 0.217 e. The van der Waals surface area contributed by atoms with Crippen LogP contribution >= 0.6 is 0 Å². The van der Waals surface area contributed by atoms with E-state index in [9.17, 15) is 5.21 Å². The first-order valence-electron chi connectivity index (χ1n) is 5.12. The molecule has 0 atom stereocenters. The molecule has 2 heteroatoms. The van der Waals surface area contributed by atoms with E-state index in [4.69, 9.17) is 0 Å². The average molecular weight is 174 g/mol. The van der Waals surface area contributed by atoms with Gasteiger partial charge in [0.15, 0.2) is 0 Å². The fourth-order valence-corrected chi connectivity index (χ4v) is 1.28. The second-order valence-electron chi connectivity index (χ2n) is 4.11. The Morgan fingerprint density at radius 3 is 1.92 bits per heavy atom. The molecule has 0 aromatic rings. The highest BCUT2D eigenvalue weighted by Crippen LogP contribution is 2.06. The lowest BCUT2D eigenvalue weighted by atomic mass is 10.1. The van der Waals surface area contributed by atoms with Gasteiger partial charge in [-0.3, -0.25) is 0 Å². The molecule has 12 heavy (non-hydrogen) atoms. The molecule has 0 aromatic carbocycles. The Kier molecular flexibility index (Phi) is 6.39. The standard InChI is InChI=1S/C10H24NO/c1-4-5-6-7-8-9-10-11(2,3)12/h12H,4-10H2,1-3H3/q+1. The molecule has 2 nitrogen and oxygen atoms in total. The lowest BCUT2D eigenvalue weighted by molar-refractivity contribution is -1.07. The first kappa shape index (κ1) is 11.9. The van der Waals surface area contributed by atoms with Gasteiger partial charge >= 0.3 is 0 Å². The van der Waals surface area contributed by atoms with Crippen LogP contribution < -0.4 is 0 Å². The fraction of sp³-hybridized carbons (Fsp3) is 1.00. The Morgan fingerprint density at radius 2 is 1.42 bits per heavy atom. The Hall–Kier alpha value is -0.0800. The smallest absolute Gasteiger partial charge is 0.108 e. The fourth-order valence-electron chi connectivity index (χ4n) is 1.28. The Labute approximate surface area is 76.7 Å². The van der Waals surface area contributed by atoms with Gasteiger partial charge in [-0.25, -0.2) is 5.21 Å². The molecule has 0 spiro atoms. The van der Waals surface area contributed by atoms with Crippen LogP contribution in [0.15, 0.2) is 0 Å². The van der Waals surface area contributed by atoms with Crippen LogP contribution in [0.25, 0.3) is 0 Å². The first-order valence-corrected chi connectivity index (χ1v) is 5.12. The van der Waals surface area contributed by atoms with Crippen LogP contribution in [0.4, 0.5) is 0 Å². The summed E-state index contributed by atoms with van der Waals surface area (Å²) in [6.07, 6.45) is 7.76. The van der Waals surface area contributed by atoms with Gasteiger partial charge in [0.25, 0.3) is 0 Å². The van der Waals surface area contributed by atoms with Gasteiger partial charge in [0, 0.05) is 0 Å². The van der Waals surface area contributed by atoms with Crippen molar-refractivity contribution in [1.82, 2.24) is 0 Å². The highest BCUT2D eigenvalue weighted by Gasteiger charge is 2.08. The van der Waals surface area contributed by atoms with Crippen LogP contribution in [0.2, 0.25) is 0 Å². The van der Waals surface area contributed by atoms with Crippen molar-refractivity contribution < 1.29 is 9.85 Å². The Balaban J connectivity index is 3.01. The maximum atomic E-state index is 9.36. The molecule has 1 N–H and O–H groups in total. The van der Waals surface area contributed by atoms with Crippen molar-refractivity contribution in [2.45, 2.75) is 45.4 Å². The highest BCUT2D eigenvalue weighted by molar-refractivity contribution is 4.42. The molecule has 0 fully saturated rings. The maximum Gasteiger partial charge on any atom is 0.108 e. The quantitative estimate of drug-likeness (QED) is 0.357. The number of quaternary nitrogens is 1. The summed E-state index contributed by atoms with van der Waals surface area (Å²) in [5, 5.41) is 9.36.